The predicted molar refractivity (Wildman–Crippen MR) is 80.9 cm³/mol. The minimum atomic E-state index is -0.529. The Morgan fingerprint density at radius 1 is 1.50 bits per heavy atom. The van der Waals surface area contributed by atoms with Gasteiger partial charge in [-0.05, 0) is 40.9 Å². The van der Waals surface area contributed by atoms with E-state index in [1.807, 2.05) is 12.1 Å². The Kier molecular flexibility index (Phi) is 5.01. The molecule has 2 rings (SSSR count). The number of carbonyl (C=O) groups is 1. The Balaban J connectivity index is 2.14. The molecule has 1 fully saturated rings. The number of benzene rings is 1. The number of rotatable bonds is 4. The average Bonchev–Trinajstić information content (AvgIpc) is 2.49. The molecule has 5 nitrogen and oxygen atoms in total. The van der Waals surface area contributed by atoms with Gasteiger partial charge in [-0.25, -0.2) is 0 Å². The average molecular weight is 343 g/mol. The van der Waals surface area contributed by atoms with E-state index in [1.54, 1.807) is 13.2 Å². The van der Waals surface area contributed by atoms with Gasteiger partial charge in [0.2, 0.25) is 5.91 Å². The zero-order valence-electron chi connectivity index (χ0n) is 11.4. The molecule has 0 aliphatic carbocycles. The van der Waals surface area contributed by atoms with Crippen LogP contribution in [0.15, 0.2) is 22.7 Å². The maximum Gasteiger partial charge on any atom is 0.232 e. The Morgan fingerprint density at radius 3 is 2.80 bits per heavy atom. The number of nitrogens with two attached hydrogens (primary N) is 1. The van der Waals surface area contributed by atoms with Gasteiger partial charge in [-0.3, -0.25) is 4.79 Å². The summed E-state index contributed by atoms with van der Waals surface area (Å²) >= 11 is 3.38. The molecule has 6 heteroatoms. The molecule has 1 aliphatic rings. The Labute approximate surface area is 126 Å². The van der Waals surface area contributed by atoms with Crippen LogP contribution in [0, 0.1) is 5.41 Å². The van der Waals surface area contributed by atoms with Crippen molar-refractivity contribution in [2.75, 3.05) is 32.2 Å². The van der Waals surface area contributed by atoms with Crippen LogP contribution in [-0.4, -0.2) is 32.8 Å². The van der Waals surface area contributed by atoms with Gasteiger partial charge < -0.3 is 20.5 Å². The molecular weight excluding hydrogens is 324 g/mol. The van der Waals surface area contributed by atoms with Gasteiger partial charge in [0.15, 0.2) is 0 Å². The van der Waals surface area contributed by atoms with Gasteiger partial charge in [0.25, 0.3) is 0 Å². The third-order valence-corrected chi connectivity index (χ3v) is 4.39. The molecule has 1 heterocycles. The fourth-order valence-corrected chi connectivity index (χ4v) is 2.70. The lowest BCUT2D eigenvalue weighted by Crippen LogP contribution is -2.46. The quantitative estimate of drug-likeness (QED) is 0.879. The summed E-state index contributed by atoms with van der Waals surface area (Å²) in [5.41, 5.74) is 6.00. The first-order valence-corrected chi connectivity index (χ1v) is 7.33. The van der Waals surface area contributed by atoms with E-state index in [0.717, 1.165) is 4.47 Å². The third-order valence-electron chi connectivity index (χ3n) is 3.73. The molecule has 20 heavy (non-hydrogen) atoms. The second kappa shape index (κ2) is 6.56. The third kappa shape index (κ3) is 3.13. The van der Waals surface area contributed by atoms with Crippen LogP contribution in [-0.2, 0) is 9.53 Å². The van der Waals surface area contributed by atoms with Crippen molar-refractivity contribution < 1.29 is 14.3 Å². The van der Waals surface area contributed by atoms with E-state index < -0.39 is 5.41 Å². The number of amides is 1. The summed E-state index contributed by atoms with van der Waals surface area (Å²) in [6, 6.07) is 5.45. The minimum Gasteiger partial charge on any atom is -0.495 e. The van der Waals surface area contributed by atoms with E-state index in [4.69, 9.17) is 15.2 Å². The number of hydrogen-bond donors (Lipinski definition) is 2. The molecule has 1 aromatic carbocycles. The van der Waals surface area contributed by atoms with Crippen molar-refractivity contribution in [2.24, 2.45) is 11.1 Å². The maximum atomic E-state index is 12.5. The lowest BCUT2D eigenvalue weighted by molar-refractivity contribution is -0.130. The SMILES string of the molecule is COc1cc(NC(=O)C2(CN)CCOCC2)ccc1Br. The fraction of sp³-hybridized carbons (Fsp3) is 0.500. The summed E-state index contributed by atoms with van der Waals surface area (Å²) in [5, 5.41) is 2.93. The van der Waals surface area contributed by atoms with E-state index >= 15 is 0 Å². The molecule has 0 unspecified atom stereocenters. The van der Waals surface area contributed by atoms with Gasteiger partial charge in [-0.1, -0.05) is 0 Å². The molecule has 0 atom stereocenters. The van der Waals surface area contributed by atoms with Crippen LogP contribution in [0.5, 0.6) is 5.75 Å². The van der Waals surface area contributed by atoms with E-state index in [2.05, 4.69) is 21.2 Å². The van der Waals surface area contributed by atoms with Crippen molar-refractivity contribution in [1.82, 2.24) is 0 Å². The number of methoxy groups -OCH3 is 1. The molecular formula is C14H19BrN2O3. The van der Waals surface area contributed by atoms with Gasteiger partial charge in [-0.2, -0.15) is 0 Å². The van der Waals surface area contributed by atoms with E-state index in [1.165, 1.54) is 0 Å². The number of nitrogens with one attached hydrogen (secondary N) is 1. The Morgan fingerprint density at radius 2 is 2.20 bits per heavy atom. The van der Waals surface area contributed by atoms with Crippen molar-refractivity contribution in [1.29, 1.82) is 0 Å². The molecule has 0 radical (unpaired) electrons. The smallest absolute Gasteiger partial charge is 0.232 e. The molecule has 0 spiro atoms. The van der Waals surface area contributed by atoms with Crippen LogP contribution < -0.4 is 15.8 Å². The van der Waals surface area contributed by atoms with Crippen LogP contribution in [0.25, 0.3) is 0 Å². The summed E-state index contributed by atoms with van der Waals surface area (Å²) in [6.45, 7) is 1.48. The van der Waals surface area contributed by atoms with E-state index in [0.29, 0.717) is 44.0 Å². The minimum absolute atomic E-state index is 0.0484. The van der Waals surface area contributed by atoms with Gasteiger partial charge in [0, 0.05) is 31.5 Å². The number of hydrogen-bond acceptors (Lipinski definition) is 4. The van der Waals surface area contributed by atoms with Crippen molar-refractivity contribution in [2.45, 2.75) is 12.8 Å². The highest BCUT2D eigenvalue weighted by atomic mass is 79.9. The second-order valence-electron chi connectivity index (χ2n) is 4.90. The summed E-state index contributed by atoms with van der Waals surface area (Å²) in [5.74, 6) is 0.629. The van der Waals surface area contributed by atoms with Crippen molar-refractivity contribution in [3.8, 4) is 5.75 Å². The largest absolute Gasteiger partial charge is 0.495 e. The van der Waals surface area contributed by atoms with Crippen molar-refractivity contribution in [3.05, 3.63) is 22.7 Å². The van der Waals surface area contributed by atoms with Crippen molar-refractivity contribution in [3.63, 3.8) is 0 Å². The Hall–Kier alpha value is -1.11. The normalized spacial score (nSPS) is 17.6. The highest BCUT2D eigenvalue weighted by molar-refractivity contribution is 9.10. The lowest BCUT2D eigenvalue weighted by Gasteiger charge is -2.34. The molecule has 3 N–H and O–H groups in total. The molecule has 1 aromatic rings. The topological polar surface area (TPSA) is 73.6 Å². The lowest BCUT2D eigenvalue weighted by atomic mass is 9.79. The number of anilines is 1. The summed E-state index contributed by atoms with van der Waals surface area (Å²) in [7, 11) is 1.59. The standard InChI is InChI=1S/C14H19BrN2O3/c1-19-12-8-10(2-3-11(12)15)17-13(18)14(9-16)4-6-20-7-5-14/h2-3,8H,4-7,9,16H2,1H3,(H,17,18). The summed E-state index contributed by atoms with van der Waals surface area (Å²) in [4.78, 5) is 12.5. The van der Waals surface area contributed by atoms with Crippen molar-refractivity contribution >= 4 is 27.5 Å². The molecule has 0 aromatic heterocycles. The molecule has 1 aliphatic heterocycles. The second-order valence-corrected chi connectivity index (χ2v) is 5.75. The number of carbonyl (C=O) groups excluding carboxylic acids is 1. The highest BCUT2D eigenvalue weighted by Crippen LogP contribution is 2.32. The van der Waals surface area contributed by atoms with Crippen LogP contribution in [0.3, 0.4) is 0 Å². The summed E-state index contributed by atoms with van der Waals surface area (Å²) < 4.78 is 11.4. The monoisotopic (exact) mass is 342 g/mol. The first-order valence-electron chi connectivity index (χ1n) is 6.54. The number of halogens is 1. The molecule has 1 amide bonds. The van der Waals surface area contributed by atoms with Crippen LogP contribution in [0.2, 0.25) is 0 Å². The predicted octanol–water partition coefficient (Wildman–Crippen LogP) is 2.15. The highest BCUT2D eigenvalue weighted by Gasteiger charge is 2.38. The first-order chi connectivity index (χ1) is 9.61. The molecule has 0 saturated carbocycles. The van der Waals surface area contributed by atoms with Gasteiger partial charge in [0.1, 0.15) is 5.75 Å². The van der Waals surface area contributed by atoms with Gasteiger partial charge in [-0.15, -0.1) is 0 Å². The summed E-state index contributed by atoms with van der Waals surface area (Å²) in [6.07, 6.45) is 1.31. The van der Waals surface area contributed by atoms with E-state index in [9.17, 15) is 4.79 Å². The zero-order chi connectivity index (χ0) is 14.6. The maximum absolute atomic E-state index is 12.5. The van der Waals surface area contributed by atoms with Crippen LogP contribution in [0.1, 0.15) is 12.8 Å². The van der Waals surface area contributed by atoms with Gasteiger partial charge >= 0.3 is 0 Å². The zero-order valence-corrected chi connectivity index (χ0v) is 13.0. The first kappa shape index (κ1) is 15.3. The number of ether oxygens (including phenoxy) is 2. The molecule has 1 saturated heterocycles. The van der Waals surface area contributed by atoms with Crippen LogP contribution >= 0.6 is 15.9 Å². The fourth-order valence-electron chi connectivity index (χ4n) is 2.29. The van der Waals surface area contributed by atoms with Gasteiger partial charge in [0.05, 0.1) is 17.0 Å². The van der Waals surface area contributed by atoms with Crippen LogP contribution in [0.4, 0.5) is 5.69 Å². The Bertz CT molecular complexity index is 487. The molecule has 110 valence electrons. The molecule has 0 bridgehead atoms. The van der Waals surface area contributed by atoms with E-state index in [-0.39, 0.29) is 5.91 Å².